The summed E-state index contributed by atoms with van der Waals surface area (Å²) in [6.45, 7) is -0.0335. The zero-order chi connectivity index (χ0) is 22.7. The Hall–Kier alpha value is -3.29. The highest BCUT2D eigenvalue weighted by molar-refractivity contribution is 7.90. The summed E-state index contributed by atoms with van der Waals surface area (Å²) in [7, 11) is -2.09. The molecule has 8 heteroatoms. The molecule has 164 valence electrons. The Morgan fingerprint density at radius 2 is 1.78 bits per heavy atom. The highest BCUT2D eigenvalue weighted by Crippen LogP contribution is 2.28. The SMILES string of the molecule is COc1cccc(NC(=O)Cn2cc(S(=O)(=O)Cc3ccc(Cl)cc3)c3ccccc32)c1. The average Bonchev–Trinajstić information content (AvgIpc) is 3.15. The second-order valence-corrected chi connectivity index (χ2v) is 9.70. The van der Waals surface area contributed by atoms with Crippen LogP contribution in [0.1, 0.15) is 5.56 Å². The van der Waals surface area contributed by atoms with Crippen LogP contribution in [-0.2, 0) is 26.9 Å². The standard InChI is InChI=1S/C24H21ClN2O4S/c1-31-20-6-4-5-19(13-20)26-24(28)15-27-14-23(21-7-2-3-8-22(21)27)32(29,30)16-17-9-11-18(25)12-10-17/h2-14H,15-16H2,1H3,(H,26,28). The molecule has 1 heterocycles. The van der Waals surface area contributed by atoms with Crippen molar-refractivity contribution in [3.8, 4) is 5.75 Å². The number of methoxy groups -OCH3 is 1. The van der Waals surface area contributed by atoms with Crippen molar-refractivity contribution in [2.45, 2.75) is 17.2 Å². The first-order chi connectivity index (χ1) is 15.4. The Bertz CT molecular complexity index is 1380. The number of para-hydroxylation sites is 1. The number of fused-ring (bicyclic) bond motifs is 1. The van der Waals surface area contributed by atoms with Gasteiger partial charge in [-0.1, -0.05) is 48.0 Å². The molecule has 4 rings (SSSR count). The summed E-state index contributed by atoms with van der Waals surface area (Å²) in [6.07, 6.45) is 1.53. The van der Waals surface area contributed by atoms with Gasteiger partial charge in [-0.3, -0.25) is 4.79 Å². The first kappa shape index (κ1) is 21.9. The first-order valence-electron chi connectivity index (χ1n) is 9.85. The lowest BCUT2D eigenvalue weighted by Crippen LogP contribution is -2.18. The quantitative estimate of drug-likeness (QED) is 0.418. The molecule has 0 unspecified atom stereocenters. The molecule has 0 radical (unpaired) electrons. The molecule has 3 aromatic carbocycles. The number of rotatable bonds is 7. The Labute approximate surface area is 191 Å². The third-order valence-corrected chi connectivity index (χ3v) is 6.99. The molecule has 32 heavy (non-hydrogen) atoms. The van der Waals surface area contributed by atoms with Crippen molar-refractivity contribution in [3.63, 3.8) is 0 Å². The van der Waals surface area contributed by atoms with Gasteiger partial charge in [0, 0.05) is 33.9 Å². The minimum Gasteiger partial charge on any atom is -0.497 e. The van der Waals surface area contributed by atoms with Crippen LogP contribution in [0.3, 0.4) is 0 Å². The maximum absolute atomic E-state index is 13.2. The summed E-state index contributed by atoms with van der Waals surface area (Å²) in [4.78, 5) is 12.9. The van der Waals surface area contributed by atoms with Crippen molar-refractivity contribution >= 4 is 43.9 Å². The number of halogens is 1. The maximum atomic E-state index is 13.2. The summed E-state index contributed by atoms with van der Waals surface area (Å²) in [5.41, 5.74) is 1.91. The van der Waals surface area contributed by atoms with Crippen LogP contribution in [0.25, 0.3) is 10.9 Å². The van der Waals surface area contributed by atoms with Gasteiger partial charge in [-0.2, -0.15) is 0 Å². The number of sulfone groups is 1. The number of hydrogen-bond donors (Lipinski definition) is 1. The molecule has 0 aliphatic heterocycles. The summed E-state index contributed by atoms with van der Waals surface area (Å²) in [5.74, 6) is 0.194. The van der Waals surface area contributed by atoms with Crippen LogP contribution >= 0.6 is 11.6 Å². The molecule has 1 aromatic heterocycles. The number of ether oxygens (including phenoxy) is 1. The van der Waals surface area contributed by atoms with E-state index in [1.165, 1.54) is 6.20 Å². The van der Waals surface area contributed by atoms with Gasteiger partial charge in [0.15, 0.2) is 9.84 Å². The van der Waals surface area contributed by atoms with Crippen molar-refractivity contribution in [2.75, 3.05) is 12.4 Å². The molecule has 6 nitrogen and oxygen atoms in total. The molecular formula is C24H21ClN2O4S. The number of amides is 1. The van der Waals surface area contributed by atoms with E-state index >= 15 is 0 Å². The van der Waals surface area contributed by atoms with E-state index in [0.717, 1.165) is 0 Å². The largest absolute Gasteiger partial charge is 0.497 e. The fraction of sp³-hybridized carbons (Fsp3) is 0.125. The van der Waals surface area contributed by atoms with Gasteiger partial charge in [0.05, 0.1) is 17.8 Å². The molecule has 0 saturated heterocycles. The highest BCUT2D eigenvalue weighted by Gasteiger charge is 2.22. The van der Waals surface area contributed by atoms with Gasteiger partial charge in [0.1, 0.15) is 12.3 Å². The molecule has 0 saturated carbocycles. The fourth-order valence-electron chi connectivity index (χ4n) is 3.53. The molecule has 0 atom stereocenters. The Morgan fingerprint density at radius 1 is 1.03 bits per heavy atom. The van der Waals surface area contributed by atoms with E-state index in [9.17, 15) is 13.2 Å². The van der Waals surface area contributed by atoms with Gasteiger partial charge in [0.2, 0.25) is 5.91 Å². The number of carbonyl (C=O) groups excluding carboxylic acids is 1. The monoisotopic (exact) mass is 468 g/mol. The zero-order valence-electron chi connectivity index (χ0n) is 17.3. The molecule has 1 amide bonds. The van der Waals surface area contributed by atoms with E-state index in [2.05, 4.69) is 5.32 Å². The van der Waals surface area contributed by atoms with Crippen molar-refractivity contribution in [1.82, 2.24) is 4.57 Å². The van der Waals surface area contributed by atoms with E-state index in [4.69, 9.17) is 16.3 Å². The van der Waals surface area contributed by atoms with Crippen LogP contribution in [0, 0.1) is 0 Å². The van der Waals surface area contributed by atoms with Crippen molar-refractivity contribution < 1.29 is 17.9 Å². The van der Waals surface area contributed by atoms with Gasteiger partial charge >= 0.3 is 0 Å². The van der Waals surface area contributed by atoms with Gasteiger partial charge in [-0.05, 0) is 35.9 Å². The molecule has 4 aromatic rings. The van der Waals surface area contributed by atoms with Crippen LogP contribution in [0.2, 0.25) is 5.02 Å². The number of hydrogen-bond acceptors (Lipinski definition) is 4. The van der Waals surface area contributed by atoms with Gasteiger partial charge in [-0.15, -0.1) is 0 Å². The van der Waals surface area contributed by atoms with Crippen LogP contribution in [0.5, 0.6) is 5.75 Å². The normalized spacial score (nSPS) is 11.4. The van der Waals surface area contributed by atoms with Gasteiger partial charge in [-0.25, -0.2) is 8.42 Å². The van der Waals surface area contributed by atoms with E-state index in [0.29, 0.717) is 32.9 Å². The summed E-state index contributed by atoms with van der Waals surface area (Å²) < 4.78 is 33.2. The number of benzene rings is 3. The van der Waals surface area contributed by atoms with Crippen LogP contribution in [0.15, 0.2) is 83.9 Å². The number of nitrogens with one attached hydrogen (secondary N) is 1. The molecule has 1 N–H and O–H groups in total. The van der Waals surface area contributed by atoms with Gasteiger partial charge < -0.3 is 14.6 Å². The number of nitrogens with zero attached hydrogens (tertiary/aromatic N) is 1. The molecule has 0 fully saturated rings. The van der Waals surface area contributed by atoms with Crippen LogP contribution in [0.4, 0.5) is 5.69 Å². The van der Waals surface area contributed by atoms with Crippen molar-refractivity contribution in [1.29, 1.82) is 0 Å². The highest BCUT2D eigenvalue weighted by atomic mass is 35.5. The third kappa shape index (κ3) is 4.79. The van der Waals surface area contributed by atoms with E-state index in [1.807, 2.05) is 6.07 Å². The summed E-state index contributed by atoms with van der Waals surface area (Å²) in [6, 6.07) is 20.9. The smallest absolute Gasteiger partial charge is 0.244 e. The predicted octanol–water partition coefficient (Wildman–Crippen LogP) is 4.92. The van der Waals surface area contributed by atoms with E-state index < -0.39 is 9.84 Å². The summed E-state index contributed by atoms with van der Waals surface area (Å²) in [5, 5.41) is 3.95. The van der Waals surface area contributed by atoms with Gasteiger partial charge in [0.25, 0.3) is 0 Å². The second kappa shape index (κ2) is 9.06. The first-order valence-corrected chi connectivity index (χ1v) is 11.9. The summed E-state index contributed by atoms with van der Waals surface area (Å²) >= 11 is 5.91. The van der Waals surface area contributed by atoms with Crippen molar-refractivity contribution in [2.24, 2.45) is 0 Å². The Balaban J connectivity index is 1.62. The minimum absolute atomic E-state index is 0.0335. The Morgan fingerprint density at radius 3 is 2.53 bits per heavy atom. The number of carbonyl (C=O) groups is 1. The zero-order valence-corrected chi connectivity index (χ0v) is 18.9. The lowest BCUT2D eigenvalue weighted by molar-refractivity contribution is -0.116. The van der Waals surface area contributed by atoms with E-state index in [1.54, 1.807) is 78.4 Å². The van der Waals surface area contributed by atoms with Crippen LogP contribution in [-0.4, -0.2) is 26.0 Å². The lowest BCUT2D eigenvalue weighted by atomic mass is 10.2. The lowest BCUT2D eigenvalue weighted by Gasteiger charge is -2.08. The van der Waals surface area contributed by atoms with Crippen LogP contribution < -0.4 is 10.1 Å². The Kier molecular flexibility index (Phi) is 6.21. The molecule has 0 aliphatic carbocycles. The average molecular weight is 469 g/mol. The molecule has 0 aliphatic rings. The topological polar surface area (TPSA) is 77.4 Å². The predicted molar refractivity (Wildman–Crippen MR) is 126 cm³/mol. The minimum atomic E-state index is -3.65. The second-order valence-electron chi connectivity index (χ2n) is 7.30. The fourth-order valence-corrected chi connectivity index (χ4v) is 5.23. The maximum Gasteiger partial charge on any atom is 0.244 e. The molecule has 0 spiro atoms. The van der Waals surface area contributed by atoms with E-state index in [-0.39, 0.29) is 23.1 Å². The molecule has 0 bridgehead atoms. The molecular weight excluding hydrogens is 448 g/mol. The number of anilines is 1. The number of aromatic nitrogens is 1. The van der Waals surface area contributed by atoms with Crippen molar-refractivity contribution in [3.05, 3.63) is 89.6 Å². The third-order valence-electron chi connectivity index (χ3n) is 5.02.